The third-order valence-electron chi connectivity index (χ3n) is 3.86. The molecule has 122 valence electrons. The Morgan fingerprint density at radius 3 is 2.61 bits per heavy atom. The Bertz CT molecular complexity index is 782. The predicted molar refractivity (Wildman–Crippen MR) is 85.3 cm³/mol. The van der Waals surface area contributed by atoms with Gasteiger partial charge in [-0.3, -0.25) is 4.79 Å². The van der Waals surface area contributed by atoms with Gasteiger partial charge < -0.3 is 9.73 Å². The van der Waals surface area contributed by atoms with Gasteiger partial charge >= 0.3 is 0 Å². The first-order valence-electron chi connectivity index (χ1n) is 7.41. The quantitative estimate of drug-likeness (QED) is 0.932. The number of carbonyl (C=O) groups excluding carboxylic acids is 1. The molecule has 1 aromatic carbocycles. The molecule has 0 aliphatic carbocycles. The third-order valence-corrected chi connectivity index (χ3v) is 5.78. The van der Waals surface area contributed by atoms with E-state index in [-0.39, 0.29) is 16.8 Å². The van der Waals surface area contributed by atoms with Crippen molar-refractivity contribution in [2.24, 2.45) is 0 Å². The Hall–Kier alpha value is -2.12. The zero-order chi connectivity index (χ0) is 16.4. The van der Waals surface area contributed by atoms with E-state index in [1.54, 1.807) is 30.5 Å². The minimum absolute atomic E-state index is 0.196. The monoisotopic (exact) mass is 334 g/mol. The number of furan rings is 1. The number of sulfonamides is 1. The number of nitrogens with one attached hydrogen (secondary N) is 1. The summed E-state index contributed by atoms with van der Waals surface area (Å²) in [6, 6.07) is 9.51. The molecule has 0 spiro atoms. The maximum Gasteiger partial charge on any atom is 0.243 e. The van der Waals surface area contributed by atoms with Gasteiger partial charge in [-0.2, -0.15) is 4.31 Å². The number of amides is 1. The van der Waals surface area contributed by atoms with Crippen LogP contribution in [0.5, 0.6) is 0 Å². The van der Waals surface area contributed by atoms with Crippen LogP contribution in [0.4, 0.5) is 5.69 Å². The van der Waals surface area contributed by atoms with Gasteiger partial charge in [0.25, 0.3) is 0 Å². The normalized spacial score (nSPS) is 18.9. The van der Waals surface area contributed by atoms with Crippen LogP contribution in [0.15, 0.2) is 52.0 Å². The van der Waals surface area contributed by atoms with Crippen LogP contribution in [-0.4, -0.2) is 25.2 Å². The van der Waals surface area contributed by atoms with Crippen molar-refractivity contribution in [3.63, 3.8) is 0 Å². The van der Waals surface area contributed by atoms with Crippen LogP contribution >= 0.6 is 0 Å². The summed E-state index contributed by atoms with van der Waals surface area (Å²) in [5.74, 6) is 0.471. The second kappa shape index (κ2) is 6.17. The Kier molecular flexibility index (Phi) is 4.23. The highest BCUT2D eigenvalue weighted by molar-refractivity contribution is 7.89. The van der Waals surface area contributed by atoms with E-state index in [4.69, 9.17) is 4.42 Å². The highest BCUT2D eigenvalue weighted by Gasteiger charge is 2.37. The lowest BCUT2D eigenvalue weighted by Gasteiger charge is -2.22. The highest BCUT2D eigenvalue weighted by Crippen LogP contribution is 2.36. The topological polar surface area (TPSA) is 79.6 Å². The van der Waals surface area contributed by atoms with Gasteiger partial charge in [0.2, 0.25) is 15.9 Å². The van der Waals surface area contributed by atoms with E-state index in [2.05, 4.69) is 5.32 Å². The molecule has 1 N–H and O–H groups in total. The summed E-state index contributed by atoms with van der Waals surface area (Å²) in [6.45, 7) is 1.88. The van der Waals surface area contributed by atoms with Crippen molar-refractivity contribution >= 4 is 21.6 Å². The number of benzene rings is 1. The molecule has 0 bridgehead atoms. The zero-order valence-corrected chi connectivity index (χ0v) is 13.5. The standard InChI is InChI=1S/C16H18N2O4S/c1-12(19)17-13-6-8-14(9-7-13)23(20,21)18-10-2-4-15(18)16-5-3-11-22-16/h3,5-9,11,15H,2,4,10H2,1H3,(H,17,19)/t15-/m1/s1. The van der Waals surface area contributed by atoms with Crippen molar-refractivity contribution in [1.29, 1.82) is 0 Å². The van der Waals surface area contributed by atoms with Gasteiger partial charge in [-0.25, -0.2) is 8.42 Å². The van der Waals surface area contributed by atoms with E-state index in [9.17, 15) is 13.2 Å². The van der Waals surface area contributed by atoms with E-state index in [0.717, 1.165) is 12.8 Å². The molecule has 1 fully saturated rings. The van der Waals surface area contributed by atoms with Crippen molar-refractivity contribution < 1.29 is 17.6 Å². The van der Waals surface area contributed by atoms with Crippen LogP contribution < -0.4 is 5.32 Å². The molecule has 1 saturated heterocycles. The fourth-order valence-corrected chi connectivity index (χ4v) is 4.51. The largest absolute Gasteiger partial charge is 0.468 e. The molecule has 1 atom stereocenters. The average Bonchev–Trinajstić information content (AvgIpc) is 3.18. The lowest BCUT2D eigenvalue weighted by atomic mass is 10.2. The van der Waals surface area contributed by atoms with Gasteiger partial charge in [0.1, 0.15) is 5.76 Å². The number of hydrogen-bond acceptors (Lipinski definition) is 4. The maximum atomic E-state index is 12.9. The molecule has 6 nitrogen and oxygen atoms in total. The van der Waals surface area contributed by atoms with Crippen LogP contribution in [0.25, 0.3) is 0 Å². The number of carbonyl (C=O) groups is 1. The number of hydrogen-bond donors (Lipinski definition) is 1. The van der Waals surface area contributed by atoms with Crippen LogP contribution in [0, 0.1) is 0 Å². The SMILES string of the molecule is CC(=O)Nc1ccc(S(=O)(=O)N2CCC[C@@H]2c2ccco2)cc1. The summed E-state index contributed by atoms with van der Waals surface area (Å²) in [7, 11) is -3.60. The fourth-order valence-electron chi connectivity index (χ4n) is 2.84. The van der Waals surface area contributed by atoms with Crippen molar-refractivity contribution in [3.8, 4) is 0 Å². The van der Waals surface area contributed by atoms with Crippen molar-refractivity contribution in [3.05, 3.63) is 48.4 Å². The second-order valence-electron chi connectivity index (χ2n) is 5.49. The molecule has 1 aliphatic heterocycles. The van der Waals surface area contributed by atoms with Gasteiger partial charge in [0, 0.05) is 19.2 Å². The smallest absolute Gasteiger partial charge is 0.243 e. The van der Waals surface area contributed by atoms with Crippen LogP contribution in [0.3, 0.4) is 0 Å². The van der Waals surface area contributed by atoms with Crippen LogP contribution in [-0.2, 0) is 14.8 Å². The Labute approximate surface area is 135 Å². The Morgan fingerprint density at radius 2 is 2.00 bits per heavy atom. The molecular formula is C16H18N2O4S. The number of nitrogens with zero attached hydrogens (tertiary/aromatic N) is 1. The molecule has 0 saturated carbocycles. The van der Waals surface area contributed by atoms with E-state index >= 15 is 0 Å². The Balaban J connectivity index is 1.87. The van der Waals surface area contributed by atoms with Gasteiger partial charge in [-0.1, -0.05) is 0 Å². The molecular weight excluding hydrogens is 316 g/mol. The zero-order valence-electron chi connectivity index (χ0n) is 12.7. The van der Waals surface area contributed by atoms with Crippen molar-refractivity contribution in [1.82, 2.24) is 4.31 Å². The molecule has 3 rings (SSSR count). The predicted octanol–water partition coefficient (Wildman–Crippen LogP) is 2.76. The highest BCUT2D eigenvalue weighted by atomic mass is 32.2. The van der Waals surface area contributed by atoms with Gasteiger partial charge in [0.15, 0.2) is 0 Å². The average molecular weight is 334 g/mol. The first-order chi connectivity index (χ1) is 11.0. The lowest BCUT2D eigenvalue weighted by Crippen LogP contribution is -2.30. The van der Waals surface area contributed by atoms with Crippen molar-refractivity contribution in [2.45, 2.75) is 30.7 Å². The summed E-state index contributed by atoms with van der Waals surface area (Å²) >= 11 is 0. The maximum absolute atomic E-state index is 12.9. The van der Waals surface area contributed by atoms with E-state index < -0.39 is 10.0 Å². The fraction of sp³-hybridized carbons (Fsp3) is 0.312. The molecule has 1 aliphatic rings. The summed E-state index contributed by atoms with van der Waals surface area (Å²) in [5, 5.41) is 2.62. The summed E-state index contributed by atoms with van der Waals surface area (Å²) < 4.78 is 32.6. The molecule has 0 radical (unpaired) electrons. The van der Waals surface area contributed by atoms with E-state index in [1.807, 2.05) is 0 Å². The molecule has 1 amide bonds. The number of rotatable bonds is 4. The molecule has 2 heterocycles. The van der Waals surface area contributed by atoms with Crippen LogP contribution in [0.1, 0.15) is 31.6 Å². The van der Waals surface area contributed by atoms with Crippen molar-refractivity contribution in [2.75, 3.05) is 11.9 Å². The third kappa shape index (κ3) is 3.16. The molecule has 2 aromatic rings. The minimum Gasteiger partial charge on any atom is -0.468 e. The van der Waals surface area contributed by atoms with Crippen LogP contribution in [0.2, 0.25) is 0 Å². The number of anilines is 1. The summed E-state index contributed by atoms with van der Waals surface area (Å²) in [6.07, 6.45) is 3.10. The van der Waals surface area contributed by atoms with Gasteiger partial charge in [-0.15, -0.1) is 0 Å². The lowest BCUT2D eigenvalue weighted by molar-refractivity contribution is -0.114. The van der Waals surface area contributed by atoms with E-state index in [0.29, 0.717) is 18.0 Å². The summed E-state index contributed by atoms with van der Waals surface area (Å²) in [4.78, 5) is 11.2. The molecule has 7 heteroatoms. The first kappa shape index (κ1) is 15.8. The summed E-state index contributed by atoms with van der Waals surface area (Å²) in [5.41, 5.74) is 0.570. The van der Waals surface area contributed by atoms with Gasteiger partial charge in [-0.05, 0) is 49.2 Å². The molecule has 23 heavy (non-hydrogen) atoms. The molecule has 1 aromatic heterocycles. The Morgan fingerprint density at radius 1 is 1.26 bits per heavy atom. The van der Waals surface area contributed by atoms with E-state index in [1.165, 1.54) is 23.4 Å². The van der Waals surface area contributed by atoms with Gasteiger partial charge in [0.05, 0.1) is 17.2 Å². The minimum atomic E-state index is -3.60. The first-order valence-corrected chi connectivity index (χ1v) is 8.85. The molecule has 0 unspecified atom stereocenters. The second-order valence-corrected chi connectivity index (χ2v) is 7.39.